The van der Waals surface area contributed by atoms with Crippen LogP contribution in [0.5, 0.6) is 0 Å². The lowest BCUT2D eigenvalue weighted by Crippen LogP contribution is -2.54. The molecule has 1 saturated carbocycles. The Balaban J connectivity index is 1.43. The summed E-state index contributed by atoms with van der Waals surface area (Å²) in [5, 5.41) is 12.3. The van der Waals surface area contributed by atoms with Crippen LogP contribution in [-0.2, 0) is 4.74 Å². The van der Waals surface area contributed by atoms with E-state index in [0.29, 0.717) is 23.4 Å². The summed E-state index contributed by atoms with van der Waals surface area (Å²) in [6, 6.07) is 10.0. The Bertz CT molecular complexity index is 721. The lowest BCUT2D eigenvalue weighted by molar-refractivity contribution is 0.000948. The molecular formula is C23H34N4O2. The molecule has 1 saturated heterocycles. The van der Waals surface area contributed by atoms with Crippen LogP contribution in [-0.4, -0.2) is 60.8 Å². The van der Waals surface area contributed by atoms with Crippen LogP contribution in [0.2, 0.25) is 0 Å². The summed E-state index contributed by atoms with van der Waals surface area (Å²) in [7, 11) is 1.90. The molecule has 0 radical (unpaired) electrons. The number of benzene rings is 1. The minimum Gasteiger partial charge on any atom is -0.444 e. The monoisotopic (exact) mass is 398 g/mol. The Kier molecular flexibility index (Phi) is 6.69. The number of carbonyl (C=O) groups is 1. The van der Waals surface area contributed by atoms with Crippen molar-refractivity contribution in [3.63, 3.8) is 0 Å². The summed E-state index contributed by atoms with van der Waals surface area (Å²) < 4.78 is 5.59. The molecule has 2 fully saturated rings. The van der Waals surface area contributed by atoms with Gasteiger partial charge in [0.05, 0.1) is 11.6 Å². The summed E-state index contributed by atoms with van der Waals surface area (Å²) in [5.74, 6) is 1.08. The minimum atomic E-state index is -0.451. The molecule has 158 valence electrons. The summed E-state index contributed by atoms with van der Waals surface area (Å²) in [6.07, 6.45) is 3.27. The Hall–Kier alpha value is -2.26. The highest BCUT2D eigenvalue weighted by Crippen LogP contribution is 2.40. The zero-order valence-electron chi connectivity index (χ0n) is 18.1. The first-order valence-electron chi connectivity index (χ1n) is 10.7. The predicted octanol–water partition coefficient (Wildman–Crippen LogP) is 3.94. The van der Waals surface area contributed by atoms with Crippen LogP contribution in [0.4, 0.5) is 10.5 Å². The predicted molar refractivity (Wildman–Crippen MR) is 115 cm³/mol. The van der Waals surface area contributed by atoms with Gasteiger partial charge in [-0.3, -0.25) is 0 Å². The van der Waals surface area contributed by atoms with Gasteiger partial charge in [-0.15, -0.1) is 0 Å². The molecule has 0 spiro atoms. The molecule has 2 atom stereocenters. The Morgan fingerprint density at radius 3 is 2.41 bits per heavy atom. The molecule has 29 heavy (non-hydrogen) atoms. The average molecular weight is 399 g/mol. The van der Waals surface area contributed by atoms with E-state index < -0.39 is 5.60 Å². The fourth-order valence-corrected chi connectivity index (χ4v) is 4.76. The van der Waals surface area contributed by atoms with Crippen molar-refractivity contribution in [1.82, 2.24) is 9.80 Å². The largest absolute Gasteiger partial charge is 0.444 e. The van der Waals surface area contributed by atoms with Crippen LogP contribution in [0, 0.1) is 23.2 Å². The second kappa shape index (κ2) is 9.04. The van der Waals surface area contributed by atoms with E-state index in [-0.39, 0.29) is 6.09 Å². The van der Waals surface area contributed by atoms with Gasteiger partial charge in [-0.2, -0.15) is 5.26 Å². The van der Waals surface area contributed by atoms with Crippen molar-refractivity contribution >= 4 is 11.8 Å². The molecule has 1 aromatic rings. The molecule has 1 aliphatic heterocycles. The van der Waals surface area contributed by atoms with Gasteiger partial charge < -0.3 is 19.9 Å². The van der Waals surface area contributed by atoms with Crippen LogP contribution < -0.4 is 5.32 Å². The van der Waals surface area contributed by atoms with Crippen molar-refractivity contribution in [3.8, 4) is 6.07 Å². The normalized spacial score (nSPS) is 24.0. The van der Waals surface area contributed by atoms with Gasteiger partial charge in [0.15, 0.2) is 0 Å². The number of amides is 1. The fraction of sp³-hybridized carbons (Fsp3) is 0.652. The Labute approximate surface area is 174 Å². The zero-order chi connectivity index (χ0) is 21.0. The van der Waals surface area contributed by atoms with Gasteiger partial charge in [0.2, 0.25) is 0 Å². The van der Waals surface area contributed by atoms with Gasteiger partial charge in [-0.05, 0) is 82.7 Å². The van der Waals surface area contributed by atoms with Gasteiger partial charge in [-0.25, -0.2) is 4.79 Å². The number of fused-ring (bicyclic) bond motifs is 2. The number of anilines is 1. The first-order chi connectivity index (χ1) is 13.8. The van der Waals surface area contributed by atoms with Crippen molar-refractivity contribution in [2.75, 3.05) is 38.5 Å². The van der Waals surface area contributed by atoms with E-state index in [1.807, 2.05) is 57.0 Å². The summed E-state index contributed by atoms with van der Waals surface area (Å²) in [5.41, 5.74) is 1.29. The Morgan fingerprint density at radius 2 is 1.86 bits per heavy atom. The zero-order valence-corrected chi connectivity index (χ0v) is 18.1. The SMILES string of the molecule is CN(C(=O)OC(C)(C)C)C1C2CCC1CN(CCCNc1ccc(C#N)cc1)C2. The van der Waals surface area contributed by atoms with Crippen molar-refractivity contribution < 1.29 is 9.53 Å². The van der Waals surface area contributed by atoms with E-state index in [2.05, 4.69) is 16.3 Å². The van der Waals surface area contributed by atoms with Gasteiger partial charge in [0.25, 0.3) is 0 Å². The molecule has 2 bridgehead atoms. The van der Waals surface area contributed by atoms with Crippen LogP contribution in [0.3, 0.4) is 0 Å². The number of piperidine rings is 1. The van der Waals surface area contributed by atoms with Crippen molar-refractivity contribution in [3.05, 3.63) is 29.8 Å². The second-order valence-electron chi connectivity index (χ2n) is 9.41. The fourth-order valence-electron chi connectivity index (χ4n) is 4.76. The molecule has 1 heterocycles. The molecule has 1 aromatic carbocycles. The van der Waals surface area contributed by atoms with E-state index in [1.54, 1.807) is 0 Å². The smallest absolute Gasteiger partial charge is 0.410 e. The number of nitriles is 1. The maximum Gasteiger partial charge on any atom is 0.410 e. The molecule has 1 N–H and O–H groups in total. The van der Waals surface area contributed by atoms with Gasteiger partial charge in [0, 0.05) is 38.4 Å². The van der Waals surface area contributed by atoms with Crippen molar-refractivity contribution in [1.29, 1.82) is 5.26 Å². The van der Waals surface area contributed by atoms with E-state index in [0.717, 1.165) is 38.3 Å². The number of likely N-dealkylation sites (tertiary alicyclic amines) is 1. The molecule has 2 aliphatic rings. The molecule has 3 rings (SSSR count). The maximum absolute atomic E-state index is 12.5. The molecule has 2 unspecified atom stereocenters. The molecule has 6 heteroatoms. The summed E-state index contributed by atoms with van der Waals surface area (Å²) in [6.45, 7) is 9.86. The van der Waals surface area contributed by atoms with E-state index >= 15 is 0 Å². The average Bonchev–Trinajstić information content (AvgIpc) is 2.93. The minimum absolute atomic E-state index is 0.195. The van der Waals surface area contributed by atoms with Crippen molar-refractivity contribution in [2.45, 2.75) is 51.7 Å². The number of carbonyl (C=O) groups excluding carboxylic acids is 1. The van der Waals surface area contributed by atoms with E-state index in [1.165, 1.54) is 12.8 Å². The molecule has 1 amide bonds. The van der Waals surface area contributed by atoms with Gasteiger partial charge in [-0.1, -0.05) is 0 Å². The number of ether oxygens (including phenoxy) is 1. The number of nitrogens with zero attached hydrogens (tertiary/aromatic N) is 3. The third-order valence-corrected chi connectivity index (χ3v) is 5.98. The quantitative estimate of drug-likeness (QED) is 0.735. The highest BCUT2D eigenvalue weighted by atomic mass is 16.6. The summed E-state index contributed by atoms with van der Waals surface area (Å²) in [4.78, 5) is 16.9. The lowest BCUT2D eigenvalue weighted by atomic mass is 9.91. The van der Waals surface area contributed by atoms with Crippen LogP contribution >= 0.6 is 0 Å². The number of hydrogen-bond donors (Lipinski definition) is 1. The van der Waals surface area contributed by atoms with Gasteiger partial charge in [0.1, 0.15) is 5.60 Å². The number of nitrogens with one attached hydrogen (secondary N) is 1. The van der Waals surface area contributed by atoms with E-state index in [9.17, 15) is 4.79 Å². The third-order valence-electron chi connectivity index (χ3n) is 5.98. The second-order valence-corrected chi connectivity index (χ2v) is 9.41. The first kappa shape index (κ1) is 21.4. The molecule has 0 aromatic heterocycles. The maximum atomic E-state index is 12.5. The van der Waals surface area contributed by atoms with Crippen molar-refractivity contribution in [2.24, 2.45) is 11.8 Å². The topological polar surface area (TPSA) is 68.6 Å². The van der Waals surface area contributed by atoms with Crippen LogP contribution in [0.1, 0.15) is 45.6 Å². The highest BCUT2D eigenvalue weighted by molar-refractivity contribution is 5.68. The molecule has 6 nitrogen and oxygen atoms in total. The standard InChI is InChI=1S/C23H34N4O2/c1-23(2,3)29-22(28)26(4)21-18-8-9-19(21)16-27(15-18)13-5-12-25-20-10-6-17(14-24)7-11-20/h6-7,10-11,18-19,21,25H,5,8-9,12-13,15-16H2,1-4H3. The highest BCUT2D eigenvalue weighted by Gasteiger charge is 2.45. The number of rotatable bonds is 6. The molecular weight excluding hydrogens is 364 g/mol. The van der Waals surface area contributed by atoms with Gasteiger partial charge >= 0.3 is 6.09 Å². The Morgan fingerprint density at radius 1 is 1.24 bits per heavy atom. The number of hydrogen-bond acceptors (Lipinski definition) is 5. The van der Waals surface area contributed by atoms with Crippen LogP contribution in [0.25, 0.3) is 0 Å². The first-order valence-corrected chi connectivity index (χ1v) is 10.7. The lowest BCUT2D eigenvalue weighted by Gasteiger charge is -2.42. The molecule has 1 aliphatic carbocycles. The summed E-state index contributed by atoms with van der Waals surface area (Å²) >= 11 is 0. The van der Waals surface area contributed by atoms with Crippen LogP contribution in [0.15, 0.2) is 24.3 Å². The van der Waals surface area contributed by atoms with E-state index in [4.69, 9.17) is 10.00 Å². The third kappa shape index (κ3) is 5.63.